The summed E-state index contributed by atoms with van der Waals surface area (Å²) < 4.78 is 0. The van der Waals surface area contributed by atoms with Crippen LogP contribution in [0.1, 0.15) is 27.6 Å². The Labute approximate surface area is 94.6 Å². The molecule has 0 aliphatic carbocycles. The van der Waals surface area contributed by atoms with Crippen molar-refractivity contribution >= 4 is 11.3 Å². The summed E-state index contributed by atoms with van der Waals surface area (Å²) in [6.45, 7) is 4.25. The van der Waals surface area contributed by atoms with Crippen LogP contribution in [0.5, 0.6) is 0 Å². The molecular weight excluding hydrogens is 202 g/mol. The lowest BCUT2D eigenvalue weighted by molar-refractivity contribution is 0.890. The van der Waals surface area contributed by atoms with Crippen LogP contribution in [0.25, 0.3) is 0 Å². The molecule has 0 radical (unpaired) electrons. The van der Waals surface area contributed by atoms with Crippen LogP contribution in [0.2, 0.25) is 0 Å². The summed E-state index contributed by atoms with van der Waals surface area (Å²) in [5.41, 5.74) is 10.0. The summed E-state index contributed by atoms with van der Waals surface area (Å²) in [6.07, 6.45) is 0. The third-order valence-corrected chi connectivity index (χ3v) is 3.70. The molecular formula is C13H15NS. The van der Waals surface area contributed by atoms with Gasteiger partial charge in [0.15, 0.2) is 0 Å². The van der Waals surface area contributed by atoms with Crippen LogP contribution in [-0.2, 0) is 0 Å². The lowest BCUT2D eigenvalue weighted by Gasteiger charge is -2.11. The van der Waals surface area contributed by atoms with E-state index in [1.807, 2.05) is 6.07 Å². The van der Waals surface area contributed by atoms with Crippen LogP contribution in [0.15, 0.2) is 35.7 Å². The van der Waals surface area contributed by atoms with Gasteiger partial charge in [0.25, 0.3) is 0 Å². The van der Waals surface area contributed by atoms with Gasteiger partial charge in [-0.25, -0.2) is 0 Å². The van der Waals surface area contributed by atoms with Gasteiger partial charge in [-0.05, 0) is 42.0 Å². The monoisotopic (exact) mass is 217 g/mol. The molecule has 1 aromatic carbocycles. The molecule has 0 saturated heterocycles. The zero-order valence-electron chi connectivity index (χ0n) is 9.03. The van der Waals surface area contributed by atoms with E-state index >= 15 is 0 Å². The third-order valence-electron chi connectivity index (χ3n) is 2.74. The van der Waals surface area contributed by atoms with E-state index in [1.165, 1.54) is 21.6 Å². The second-order valence-corrected chi connectivity index (χ2v) is 4.82. The molecule has 1 aromatic heterocycles. The fraction of sp³-hybridized carbons (Fsp3) is 0.231. The Morgan fingerprint density at radius 2 is 1.93 bits per heavy atom. The summed E-state index contributed by atoms with van der Waals surface area (Å²) in [5.74, 6) is 0. The van der Waals surface area contributed by atoms with Crippen molar-refractivity contribution in [3.05, 3.63) is 57.3 Å². The Kier molecular flexibility index (Phi) is 2.89. The first-order valence-electron chi connectivity index (χ1n) is 5.04. The molecule has 0 bridgehead atoms. The van der Waals surface area contributed by atoms with Gasteiger partial charge in [-0.1, -0.05) is 24.3 Å². The van der Waals surface area contributed by atoms with Crippen molar-refractivity contribution in [2.45, 2.75) is 19.9 Å². The molecule has 15 heavy (non-hydrogen) atoms. The minimum atomic E-state index is 0.0179. The number of hydrogen-bond donors (Lipinski definition) is 1. The standard InChI is InChI=1S/C13H15NS/c1-9-5-6-11(8-10(9)2)13(14)12-4-3-7-15-12/h3-8,13H,14H2,1-2H3/t13-/m0/s1. The van der Waals surface area contributed by atoms with E-state index in [4.69, 9.17) is 5.73 Å². The maximum absolute atomic E-state index is 6.19. The van der Waals surface area contributed by atoms with Crippen LogP contribution in [0.3, 0.4) is 0 Å². The molecule has 0 aliphatic heterocycles. The number of nitrogens with two attached hydrogens (primary N) is 1. The van der Waals surface area contributed by atoms with E-state index in [0.717, 1.165) is 0 Å². The van der Waals surface area contributed by atoms with Crippen molar-refractivity contribution in [1.29, 1.82) is 0 Å². The molecule has 2 rings (SSSR count). The number of thiophene rings is 1. The van der Waals surface area contributed by atoms with Crippen LogP contribution >= 0.6 is 11.3 Å². The Hall–Kier alpha value is -1.12. The first-order chi connectivity index (χ1) is 7.18. The number of aryl methyl sites for hydroxylation is 2. The lowest BCUT2D eigenvalue weighted by atomic mass is 10.0. The highest BCUT2D eigenvalue weighted by atomic mass is 32.1. The molecule has 0 saturated carbocycles. The largest absolute Gasteiger partial charge is 0.320 e. The first kappa shape index (κ1) is 10.4. The van der Waals surface area contributed by atoms with Crippen molar-refractivity contribution in [1.82, 2.24) is 0 Å². The van der Waals surface area contributed by atoms with Crippen molar-refractivity contribution in [2.75, 3.05) is 0 Å². The normalized spacial score (nSPS) is 12.7. The summed E-state index contributed by atoms with van der Waals surface area (Å²) in [5, 5.41) is 2.07. The number of benzene rings is 1. The van der Waals surface area contributed by atoms with Gasteiger partial charge in [-0.15, -0.1) is 11.3 Å². The predicted octanol–water partition coefficient (Wildman–Crippen LogP) is 3.41. The van der Waals surface area contributed by atoms with Crippen LogP contribution in [0, 0.1) is 13.8 Å². The highest BCUT2D eigenvalue weighted by molar-refractivity contribution is 7.10. The van der Waals surface area contributed by atoms with Crippen molar-refractivity contribution < 1.29 is 0 Å². The van der Waals surface area contributed by atoms with Gasteiger partial charge in [0, 0.05) is 4.88 Å². The molecule has 78 valence electrons. The molecule has 0 unspecified atom stereocenters. The quantitative estimate of drug-likeness (QED) is 0.819. The van der Waals surface area contributed by atoms with E-state index in [1.54, 1.807) is 11.3 Å². The Balaban J connectivity index is 2.34. The van der Waals surface area contributed by atoms with E-state index in [-0.39, 0.29) is 6.04 Å². The third kappa shape index (κ3) is 2.11. The van der Waals surface area contributed by atoms with E-state index in [0.29, 0.717) is 0 Å². The van der Waals surface area contributed by atoms with Crippen LogP contribution in [-0.4, -0.2) is 0 Å². The second kappa shape index (κ2) is 4.17. The topological polar surface area (TPSA) is 26.0 Å². The fourth-order valence-corrected chi connectivity index (χ4v) is 2.34. The minimum Gasteiger partial charge on any atom is -0.320 e. The van der Waals surface area contributed by atoms with Gasteiger partial charge in [0.05, 0.1) is 6.04 Å². The van der Waals surface area contributed by atoms with Crippen LogP contribution < -0.4 is 5.73 Å². The fourth-order valence-electron chi connectivity index (χ4n) is 1.59. The molecule has 0 spiro atoms. The Morgan fingerprint density at radius 1 is 1.13 bits per heavy atom. The van der Waals surface area contributed by atoms with Crippen molar-refractivity contribution in [2.24, 2.45) is 5.73 Å². The average molecular weight is 217 g/mol. The summed E-state index contributed by atoms with van der Waals surface area (Å²) in [4.78, 5) is 1.22. The second-order valence-electron chi connectivity index (χ2n) is 3.84. The summed E-state index contributed by atoms with van der Waals surface area (Å²) in [6, 6.07) is 10.6. The van der Waals surface area contributed by atoms with Gasteiger partial charge < -0.3 is 5.73 Å². The van der Waals surface area contributed by atoms with Crippen LogP contribution in [0.4, 0.5) is 0 Å². The number of rotatable bonds is 2. The molecule has 2 N–H and O–H groups in total. The maximum Gasteiger partial charge on any atom is 0.0646 e. The SMILES string of the molecule is Cc1ccc([C@H](N)c2cccs2)cc1C. The van der Waals surface area contributed by atoms with E-state index < -0.39 is 0 Å². The van der Waals surface area contributed by atoms with E-state index in [9.17, 15) is 0 Å². The average Bonchev–Trinajstić information content (AvgIpc) is 2.74. The highest BCUT2D eigenvalue weighted by Crippen LogP contribution is 2.24. The molecule has 1 nitrogen and oxygen atoms in total. The zero-order valence-corrected chi connectivity index (χ0v) is 9.84. The van der Waals surface area contributed by atoms with Crippen molar-refractivity contribution in [3.63, 3.8) is 0 Å². The summed E-state index contributed by atoms with van der Waals surface area (Å²) >= 11 is 1.71. The predicted molar refractivity (Wildman–Crippen MR) is 66.3 cm³/mol. The van der Waals surface area contributed by atoms with Gasteiger partial charge in [-0.3, -0.25) is 0 Å². The smallest absolute Gasteiger partial charge is 0.0646 e. The highest BCUT2D eigenvalue weighted by Gasteiger charge is 2.09. The van der Waals surface area contributed by atoms with Gasteiger partial charge >= 0.3 is 0 Å². The molecule has 1 heterocycles. The molecule has 0 amide bonds. The number of hydrogen-bond acceptors (Lipinski definition) is 2. The molecule has 0 fully saturated rings. The minimum absolute atomic E-state index is 0.0179. The molecule has 0 aliphatic rings. The molecule has 2 aromatic rings. The van der Waals surface area contributed by atoms with Crippen molar-refractivity contribution in [3.8, 4) is 0 Å². The maximum atomic E-state index is 6.19. The zero-order chi connectivity index (χ0) is 10.8. The first-order valence-corrected chi connectivity index (χ1v) is 5.92. The van der Waals surface area contributed by atoms with E-state index in [2.05, 4.69) is 43.5 Å². The van der Waals surface area contributed by atoms with Gasteiger partial charge in [0.1, 0.15) is 0 Å². The Bertz CT molecular complexity index is 446. The molecule has 1 atom stereocenters. The molecule has 2 heteroatoms. The van der Waals surface area contributed by atoms with Gasteiger partial charge in [-0.2, -0.15) is 0 Å². The van der Waals surface area contributed by atoms with Gasteiger partial charge in [0.2, 0.25) is 0 Å². The summed E-state index contributed by atoms with van der Waals surface area (Å²) in [7, 11) is 0. The lowest BCUT2D eigenvalue weighted by Crippen LogP contribution is -2.10. The Morgan fingerprint density at radius 3 is 2.53 bits per heavy atom.